The summed E-state index contributed by atoms with van der Waals surface area (Å²) in [5.74, 6) is -6.86. The fourth-order valence-electron chi connectivity index (χ4n) is 2.86. The maximum atomic E-state index is 12.4. The lowest BCUT2D eigenvalue weighted by Gasteiger charge is -2.25. The first-order valence-electron chi connectivity index (χ1n) is 8.37. The molecule has 11 nitrogen and oxygen atoms in total. The number of nitrogens with zero attached hydrogens (tertiary/aromatic N) is 2. The summed E-state index contributed by atoms with van der Waals surface area (Å²) in [6, 6.07) is 2.66. The van der Waals surface area contributed by atoms with Crippen molar-refractivity contribution in [3.8, 4) is 0 Å². The van der Waals surface area contributed by atoms with Gasteiger partial charge in [-0.05, 0) is 20.8 Å². The van der Waals surface area contributed by atoms with Gasteiger partial charge in [0.05, 0.1) is 24.1 Å². The van der Waals surface area contributed by atoms with Crippen LogP contribution in [0, 0.1) is 26.1 Å². The van der Waals surface area contributed by atoms with Gasteiger partial charge < -0.3 is 9.47 Å². The number of nitro groups is 2. The molecule has 0 fully saturated rings. The highest BCUT2D eigenvalue weighted by Crippen LogP contribution is 2.37. The lowest BCUT2D eigenvalue weighted by molar-refractivity contribution is -0.515. The second-order valence-corrected chi connectivity index (χ2v) is 5.66. The predicted octanol–water partition coefficient (Wildman–Crippen LogP) is 1.66. The highest BCUT2D eigenvalue weighted by Gasteiger charge is 2.52. The number of ketones is 1. The fourth-order valence-corrected chi connectivity index (χ4v) is 2.86. The van der Waals surface area contributed by atoms with Gasteiger partial charge in [-0.2, -0.15) is 0 Å². The Morgan fingerprint density at radius 2 is 1.54 bits per heavy atom. The van der Waals surface area contributed by atoms with Gasteiger partial charge in [-0.25, -0.2) is 4.79 Å². The van der Waals surface area contributed by atoms with E-state index in [1.165, 1.54) is 26.0 Å². The van der Waals surface area contributed by atoms with Crippen LogP contribution in [-0.2, 0) is 23.9 Å². The van der Waals surface area contributed by atoms with Gasteiger partial charge in [0.1, 0.15) is 11.7 Å². The molecule has 1 rings (SSSR count). The van der Waals surface area contributed by atoms with Gasteiger partial charge >= 0.3 is 18.0 Å². The maximum Gasteiger partial charge on any atom is 0.382 e. The van der Waals surface area contributed by atoms with E-state index in [1.54, 1.807) is 0 Å². The summed E-state index contributed by atoms with van der Waals surface area (Å²) in [6.45, 7) is 3.55. The molecule has 0 saturated heterocycles. The van der Waals surface area contributed by atoms with Crippen molar-refractivity contribution in [2.24, 2.45) is 5.92 Å². The van der Waals surface area contributed by atoms with Crippen molar-refractivity contribution in [2.75, 3.05) is 13.2 Å². The van der Waals surface area contributed by atoms with Crippen molar-refractivity contribution in [3.05, 3.63) is 50.1 Å². The Morgan fingerprint density at radius 1 is 1.00 bits per heavy atom. The highest BCUT2D eigenvalue weighted by molar-refractivity contribution is 6.00. The van der Waals surface area contributed by atoms with Crippen LogP contribution in [0.2, 0.25) is 0 Å². The van der Waals surface area contributed by atoms with Crippen molar-refractivity contribution in [2.45, 2.75) is 32.7 Å². The molecule has 0 radical (unpaired) electrons. The Morgan fingerprint density at radius 3 is 2.00 bits per heavy atom. The number of ether oxygens (including phenoxy) is 2. The number of nitro benzene ring substituents is 1. The van der Waals surface area contributed by atoms with Gasteiger partial charge in [-0.15, -0.1) is 0 Å². The second-order valence-electron chi connectivity index (χ2n) is 5.66. The second kappa shape index (κ2) is 10.1. The van der Waals surface area contributed by atoms with E-state index in [0.717, 1.165) is 19.1 Å². The zero-order valence-electron chi connectivity index (χ0n) is 15.5. The Bertz CT molecular complexity index is 742. The Hall–Kier alpha value is -3.37. The largest absolute Gasteiger partial charge is 0.465 e. The molecule has 0 saturated carbocycles. The van der Waals surface area contributed by atoms with Crippen molar-refractivity contribution in [1.82, 2.24) is 0 Å². The fraction of sp³-hybridized carbons (Fsp3) is 0.471. The predicted molar refractivity (Wildman–Crippen MR) is 94.1 cm³/mol. The average molecular weight is 396 g/mol. The van der Waals surface area contributed by atoms with Gasteiger partial charge in [0.2, 0.25) is 0 Å². The molecule has 0 heterocycles. The molecule has 3 atom stereocenters. The molecule has 152 valence electrons. The number of carbonyl (C=O) groups is 3. The number of esters is 2. The van der Waals surface area contributed by atoms with Crippen LogP contribution in [0.4, 0.5) is 5.69 Å². The third kappa shape index (κ3) is 5.09. The molecule has 28 heavy (non-hydrogen) atoms. The van der Waals surface area contributed by atoms with Crippen molar-refractivity contribution >= 4 is 23.4 Å². The zero-order chi connectivity index (χ0) is 21.4. The minimum atomic E-state index is -2.22. The van der Waals surface area contributed by atoms with Crippen molar-refractivity contribution < 1.29 is 33.7 Å². The Kier molecular flexibility index (Phi) is 8.17. The standard InChI is InChI=1S/C17H20N2O9/c1-4-27-16(21)13(10(3)20)14(15(19(25)26)17(22)28-5-2)11-8-6-7-9-12(11)18(23)24/h6-9,13-15H,4-5H2,1-3H3. The number of Topliss-reactive ketones (excluding diaryl/α,β-unsaturated/α-hetero) is 1. The van der Waals surface area contributed by atoms with Gasteiger partial charge in [0.15, 0.2) is 0 Å². The molecule has 0 amide bonds. The van der Waals surface area contributed by atoms with Gasteiger partial charge in [0, 0.05) is 16.6 Å². The SMILES string of the molecule is CCOC(=O)C(C(C)=O)C(c1ccccc1[N+](=O)[O-])C(C(=O)OCC)[N+](=O)[O-]. The lowest BCUT2D eigenvalue weighted by Crippen LogP contribution is -2.45. The number of benzene rings is 1. The topological polar surface area (TPSA) is 156 Å². The molecule has 3 unspecified atom stereocenters. The lowest BCUT2D eigenvalue weighted by atomic mass is 9.78. The minimum Gasteiger partial charge on any atom is -0.465 e. The minimum absolute atomic E-state index is 0.130. The summed E-state index contributed by atoms with van der Waals surface area (Å²) in [7, 11) is 0. The summed E-state index contributed by atoms with van der Waals surface area (Å²) in [5.41, 5.74) is -0.880. The average Bonchev–Trinajstić information content (AvgIpc) is 2.60. The summed E-state index contributed by atoms with van der Waals surface area (Å²) in [5, 5.41) is 23.1. The number of hydrogen-bond donors (Lipinski definition) is 0. The quantitative estimate of drug-likeness (QED) is 0.248. The summed E-state index contributed by atoms with van der Waals surface area (Å²) in [4.78, 5) is 58.2. The normalized spacial score (nSPS) is 13.7. The molecule has 0 aliphatic heterocycles. The van der Waals surface area contributed by atoms with Crippen molar-refractivity contribution in [1.29, 1.82) is 0 Å². The van der Waals surface area contributed by atoms with Gasteiger partial charge in [-0.3, -0.25) is 29.8 Å². The van der Waals surface area contributed by atoms with Crippen LogP contribution in [0.15, 0.2) is 24.3 Å². The van der Waals surface area contributed by atoms with Crippen LogP contribution >= 0.6 is 0 Å². The van der Waals surface area contributed by atoms with E-state index >= 15 is 0 Å². The summed E-state index contributed by atoms with van der Waals surface area (Å²) >= 11 is 0. The first kappa shape index (κ1) is 22.7. The third-order valence-corrected chi connectivity index (χ3v) is 3.93. The molecule has 0 aliphatic carbocycles. The molecular formula is C17H20N2O9. The number of rotatable bonds is 10. The molecule has 1 aromatic carbocycles. The number of carbonyl (C=O) groups excluding carboxylic acids is 3. The smallest absolute Gasteiger partial charge is 0.382 e. The third-order valence-electron chi connectivity index (χ3n) is 3.93. The maximum absolute atomic E-state index is 12.4. The molecular weight excluding hydrogens is 376 g/mol. The van der Waals surface area contributed by atoms with Crippen molar-refractivity contribution in [3.63, 3.8) is 0 Å². The number of hydrogen-bond acceptors (Lipinski definition) is 9. The van der Waals surface area contributed by atoms with Gasteiger partial charge in [0.25, 0.3) is 5.69 Å². The Labute approximate surface area is 159 Å². The highest BCUT2D eigenvalue weighted by atomic mass is 16.6. The van der Waals surface area contributed by atoms with E-state index in [4.69, 9.17) is 9.47 Å². The molecule has 11 heteroatoms. The van der Waals surface area contributed by atoms with E-state index in [9.17, 15) is 34.6 Å². The molecule has 0 bridgehead atoms. The van der Waals surface area contributed by atoms with Crippen LogP contribution in [0.5, 0.6) is 0 Å². The molecule has 0 aliphatic rings. The van der Waals surface area contributed by atoms with Crippen LogP contribution in [-0.4, -0.2) is 46.8 Å². The van der Waals surface area contributed by atoms with E-state index < -0.39 is 51.1 Å². The monoisotopic (exact) mass is 396 g/mol. The number of para-hydroxylation sites is 1. The molecule has 1 aromatic rings. The first-order chi connectivity index (χ1) is 13.2. The van der Waals surface area contributed by atoms with Crippen LogP contribution < -0.4 is 0 Å². The van der Waals surface area contributed by atoms with Crippen LogP contribution in [0.25, 0.3) is 0 Å². The molecule has 0 aromatic heterocycles. The Balaban J connectivity index is 3.77. The summed E-state index contributed by atoms with van der Waals surface area (Å²) in [6.07, 6.45) is 0. The molecule has 0 spiro atoms. The summed E-state index contributed by atoms with van der Waals surface area (Å²) < 4.78 is 9.56. The van der Waals surface area contributed by atoms with E-state index in [1.807, 2.05) is 0 Å². The van der Waals surface area contributed by atoms with Crippen LogP contribution in [0.3, 0.4) is 0 Å². The van der Waals surface area contributed by atoms with E-state index in [-0.39, 0.29) is 18.8 Å². The first-order valence-corrected chi connectivity index (χ1v) is 8.37. The van der Waals surface area contributed by atoms with E-state index in [0.29, 0.717) is 0 Å². The van der Waals surface area contributed by atoms with E-state index in [2.05, 4.69) is 0 Å². The zero-order valence-corrected chi connectivity index (χ0v) is 15.5. The molecule has 0 N–H and O–H groups in total. The van der Waals surface area contributed by atoms with Gasteiger partial charge in [-0.1, -0.05) is 18.2 Å². The van der Waals surface area contributed by atoms with Crippen LogP contribution in [0.1, 0.15) is 32.3 Å².